The SMILES string of the molecule is CC1(C)CCC(C)(C)c2cc(-c3ccccc3CN)ccc21. The van der Waals surface area contributed by atoms with E-state index in [4.69, 9.17) is 5.73 Å². The first-order valence-electron chi connectivity index (χ1n) is 8.28. The minimum absolute atomic E-state index is 0.249. The van der Waals surface area contributed by atoms with E-state index < -0.39 is 0 Å². The van der Waals surface area contributed by atoms with Crippen LogP contribution in [-0.4, -0.2) is 0 Å². The molecule has 0 heterocycles. The number of hydrogen-bond acceptors (Lipinski definition) is 1. The maximum atomic E-state index is 5.92. The van der Waals surface area contributed by atoms with Crippen LogP contribution in [-0.2, 0) is 17.4 Å². The molecule has 2 N–H and O–H groups in total. The van der Waals surface area contributed by atoms with Crippen LogP contribution in [0.3, 0.4) is 0 Å². The Kier molecular flexibility index (Phi) is 3.65. The second-order valence-corrected chi connectivity index (χ2v) is 7.89. The smallest absolute Gasteiger partial charge is 0.0184 e. The molecule has 2 aromatic carbocycles. The molecule has 0 aliphatic heterocycles. The summed E-state index contributed by atoms with van der Waals surface area (Å²) in [5, 5.41) is 0. The highest BCUT2D eigenvalue weighted by molar-refractivity contribution is 5.69. The van der Waals surface area contributed by atoms with Crippen molar-refractivity contribution in [2.75, 3.05) is 0 Å². The van der Waals surface area contributed by atoms with Gasteiger partial charge in [-0.1, -0.05) is 70.2 Å². The molecule has 22 heavy (non-hydrogen) atoms. The number of hydrogen-bond donors (Lipinski definition) is 1. The van der Waals surface area contributed by atoms with Gasteiger partial charge in [-0.25, -0.2) is 0 Å². The van der Waals surface area contributed by atoms with Crippen molar-refractivity contribution in [3.8, 4) is 11.1 Å². The molecule has 0 amide bonds. The first kappa shape index (κ1) is 15.3. The van der Waals surface area contributed by atoms with Crippen molar-refractivity contribution in [1.82, 2.24) is 0 Å². The lowest BCUT2D eigenvalue weighted by atomic mass is 9.63. The van der Waals surface area contributed by atoms with Gasteiger partial charge in [0.1, 0.15) is 0 Å². The van der Waals surface area contributed by atoms with E-state index in [9.17, 15) is 0 Å². The van der Waals surface area contributed by atoms with E-state index in [1.807, 2.05) is 0 Å². The number of rotatable bonds is 2. The third-order valence-corrected chi connectivity index (χ3v) is 5.40. The molecule has 2 aromatic rings. The van der Waals surface area contributed by atoms with Crippen LogP contribution in [0.2, 0.25) is 0 Å². The van der Waals surface area contributed by atoms with Crippen LogP contribution in [0, 0.1) is 0 Å². The molecule has 0 fully saturated rings. The lowest BCUT2D eigenvalue weighted by Crippen LogP contribution is -2.33. The van der Waals surface area contributed by atoms with Crippen LogP contribution in [0.1, 0.15) is 57.2 Å². The van der Waals surface area contributed by atoms with Gasteiger partial charge in [-0.05, 0) is 51.5 Å². The lowest BCUT2D eigenvalue weighted by Gasteiger charge is -2.42. The molecular formula is C21H27N. The van der Waals surface area contributed by atoms with Crippen molar-refractivity contribution >= 4 is 0 Å². The molecule has 116 valence electrons. The standard InChI is InChI=1S/C21H27N/c1-20(2)11-12-21(3,4)19-13-15(9-10-18(19)20)17-8-6-5-7-16(17)14-22/h5-10,13H,11-12,14,22H2,1-4H3. The Bertz CT molecular complexity index is 695. The molecule has 0 spiro atoms. The third kappa shape index (κ3) is 2.48. The van der Waals surface area contributed by atoms with E-state index in [0.717, 1.165) is 0 Å². The predicted molar refractivity (Wildman–Crippen MR) is 95.1 cm³/mol. The zero-order chi connectivity index (χ0) is 16.0. The Morgan fingerprint density at radius 3 is 2.18 bits per heavy atom. The van der Waals surface area contributed by atoms with Crippen molar-refractivity contribution in [3.63, 3.8) is 0 Å². The van der Waals surface area contributed by atoms with E-state index in [1.165, 1.54) is 40.7 Å². The summed E-state index contributed by atoms with van der Waals surface area (Å²) in [6, 6.07) is 15.5. The summed E-state index contributed by atoms with van der Waals surface area (Å²) in [5.41, 5.74) is 13.2. The van der Waals surface area contributed by atoms with Crippen molar-refractivity contribution in [1.29, 1.82) is 0 Å². The fraction of sp³-hybridized carbons (Fsp3) is 0.429. The normalized spacial score (nSPS) is 18.8. The summed E-state index contributed by atoms with van der Waals surface area (Å²) in [6.07, 6.45) is 2.50. The first-order chi connectivity index (χ1) is 10.3. The molecule has 0 unspecified atom stereocenters. The fourth-order valence-corrected chi connectivity index (χ4v) is 3.74. The molecule has 0 aromatic heterocycles. The molecular weight excluding hydrogens is 266 g/mol. The Morgan fingerprint density at radius 1 is 0.864 bits per heavy atom. The Labute approximate surface area is 134 Å². The van der Waals surface area contributed by atoms with Gasteiger partial charge < -0.3 is 5.73 Å². The maximum Gasteiger partial charge on any atom is 0.0184 e. The molecule has 0 radical (unpaired) electrons. The van der Waals surface area contributed by atoms with Gasteiger partial charge in [-0.3, -0.25) is 0 Å². The van der Waals surface area contributed by atoms with Crippen LogP contribution in [0.4, 0.5) is 0 Å². The topological polar surface area (TPSA) is 26.0 Å². The van der Waals surface area contributed by atoms with Crippen molar-refractivity contribution in [3.05, 3.63) is 59.2 Å². The Morgan fingerprint density at radius 2 is 1.50 bits per heavy atom. The van der Waals surface area contributed by atoms with Crippen molar-refractivity contribution in [2.45, 2.75) is 57.9 Å². The summed E-state index contributed by atoms with van der Waals surface area (Å²) in [5.74, 6) is 0. The second kappa shape index (κ2) is 5.24. The second-order valence-electron chi connectivity index (χ2n) is 7.89. The van der Waals surface area contributed by atoms with Gasteiger partial charge in [0.25, 0.3) is 0 Å². The summed E-state index contributed by atoms with van der Waals surface area (Å²) in [6.45, 7) is 10.1. The molecule has 1 heteroatoms. The zero-order valence-corrected chi connectivity index (χ0v) is 14.2. The van der Waals surface area contributed by atoms with Gasteiger partial charge in [0, 0.05) is 6.54 Å². The maximum absolute atomic E-state index is 5.92. The molecule has 0 saturated heterocycles. The highest BCUT2D eigenvalue weighted by atomic mass is 14.5. The third-order valence-electron chi connectivity index (χ3n) is 5.40. The van der Waals surface area contributed by atoms with Crippen LogP contribution in [0.15, 0.2) is 42.5 Å². The molecule has 0 saturated carbocycles. The van der Waals surface area contributed by atoms with Crippen LogP contribution < -0.4 is 5.73 Å². The van der Waals surface area contributed by atoms with Crippen LogP contribution >= 0.6 is 0 Å². The minimum atomic E-state index is 0.249. The van der Waals surface area contributed by atoms with Gasteiger partial charge in [0.05, 0.1) is 0 Å². The Balaban J connectivity index is 2.18. The van der Waals surface area contributed by atoms with E-state index in [1.54, 1.807) is 0 Å². The van der Waals surface area contributed by atoms with Crippen LogP contribution in [0.25, 0.3) is 11.1 Å². The summed E-state index contributed by atoms with van der Waals surface area (Å²) in [4.78, 5) is 0. The van der Waals surface area contributed by atoms with Crippen LogP contribution in [0.5, 0.6) is 0 Å². The quantitative estimate of drug-likeness (QED) is 0.813. The van der Waals surface area contributed by atoms with Crippen molar-refractivity contribution in [2.24, 2.45) is 5.73 Å². The van der Waals surface area contributed by atoms with Gasteiger partial charge in [-0.2, -0.15) is 0 Å². The van der Waals surface area contributed by atoms with E-state index >= 15 is 0 Å². The van der Waals surface area contributed by atoms with E-state index in [2.05, 4.69) is 70.2 Å². The molecule has 1 aliphatic rings. The monoisotopic (exact) mass is 293 g/mol. The van der Waals surface area contributed by atoms with Gasteiger partial charge in [-0.15, -0.1) is 0 Å². The molecule has 0 atom stereocenters. The highest BCUT2D eigenvalue weighted by Crippen LogP contribution is 2.46. The fourth-order valence-electron chi connectivity index (χ4n) is 3.74. The zero-order valence-electron chi connectivity index (χ0n) is 14.2. The van der Waals surface area contributed by atoms with Gasteiger partial charge in [0.15, 0.2) is 0 Å². The summed E-state index contributed by atoms with van der Waals surface area (Å²) >= 11 is 0. The molecule has 1 nitrogen and oxygen atoms in total. The number of fused-ring (bicyclic) bond motifs is 1. The Hall–Kier alpha value is -1.60. The van der Waals surface area contributed by atoms with Crippen molar-refractivity contribution < 1.29 is 0 Å². The van der Waals surface area contributed by atoms with E-state index in [-0.39, 0.29) is 10.8 Å². The summed E-state index contributed by atoms with van der Waals surface area (Å²) < 4.78 is 0. The lowest BCUT2D eigenvalue weighted by molar-refractivity contribution is 0.332. The molecule has 0 bridgehead atoms. The highest BCUT2D eigenvalue weighted by Gasteiger charge is 2.36. The minimum Gasteiger partial charge on any atom is -0.326 e. The number of nitrogens with two attached hydrogens (primary N) is 1. The first-order valence-corrected chi connectivity index (χ1v) is 8.28. The predicted octanol–water partition coefficient (Wildman–Crippen LogP) is 5.16. The molecule has 1 aliphatic carbocycles. The molecule has 3 rings (SSSR count). The number of benzene rings is 2. The van der Waals surface area contributed by atoms with Gasteiger partial charge >= 0.3 is 0 Å². The average molecular weight is 293 g/mol. The largest absolute Gasteiger partial charge is 0.326 e. The summed E-state index contributed by atoms with van der Waals surface area (Å²) in [7, 11) is 0. The van der Waals surface area contributed by atoms with Gasteiger partial charge in [0.2, 0.25) is 0 Å². The average Bonchev–Trinajstić information content (AvgIpc) is 2.51. The van der Waals surface area contributed by atoms with E-state index in [0.29, 0.717) is 6.54 Å².